The third-order valence-corrected chi connectivity index (χ3v) is 8.23. The normalized spacial score (nSPS) is 14.3. The topological polar surface area (TPSA) is 92.8 Å². The molecular formula is C21H23FN2O5S2. The van der Waals surface area contributed by atoms with Crippen LogP contribution < -0.4 is 4.72 Å². The number of esters is 1. The van der Waals surface area contributed by atoms with Gasteiger partial charge in [0.15, 0.2) is 0 Å². The summed E-state index contributed by atoms with van der Waals surface area (Å²) < 4.78 is 46.3. The van der Waals surface area contributed by atoms with Crippen LogP contribution in [0.5, 0.6) is 0 Å². The molecule has 1 aromatic heterocycles. The van der Waals surface area contributed by atoms with E-state index in [2.05, 4.69) is 4.72 Å². The van der Waals surface area contributed by atoms with Crippen LogP contribution in [0.3, 0.4) is 0 Å². The fourth-order valence-electron chi connectivity index (χ4n) is 3.27. The van der Waals surface area contributed by atoms with Crippen molar-refractivity contribution in [3.05, 3.63) is 63.3 Å². The Hall–Kier alpha value is -2.56. The van der Waals surface area contributed by atoms with Crippen molar-refractivity contribution >= 4 is 33.2 Å². The molecule has 3 rings (SSSR count). The summed E-state index contributed by atoms with van der Waals surface area (Å²) in [5.74, 6) is -1.28. The molecule has 0 aliphatic carbocycles. The van der Waals surface area contributed by atoms with Gasteiger partial charge in [0, 0.05) is 23.5 Å². The molecule has 166 valence electrons. The molecule has 1 aromatic carbocycles. The van der Waals surface area contributed by atoms with Crippen LogP contribution >= 0.6 is 11.3 Å². The number of fused-ring (bicyclic) bond motifs is 1. The quantitative estimate of drug-likeness (QED) is 0.522. The Morgan fingerprint density at radius 1 is 1.29 bits per heavy atom. The first kappa shape index (κ1) is 23.1. The third-order valence-electron chi connectivity index (χ3n) is 5.10. The lowest BCUT2D eigenvalue weighted by Gasteiger charge is -2.27. The highest BCUT2D eigenvalue weighted by Gasteiger charge is 2.35. The Morgan fingerprint density at radius 3 is 2.58 bits per heavy atom. The zero-order chi connectivity index (χ0) is 22.8. The summed E-state index contributed by atoms with van der Waals surface area (Å²) in [5.41, 5.74) is 1.79. The van der Waals surface area contributed by atoms with Crippen molar-refractivity contribution in [2.45, 2.75) is 37.6 Å². The van der Waals surface area contributed by atoms with Gasteiger partial charge in [-0.25, -0.2) is 22.3 Å². The number of sulfonamides is 1. The predicted molar refractivity (Wildman–Crippen MR) is 115 cm³/mol. The van der Waals surface area contributed by atoms with Crippen LogP contribution in [-0.4, -0.2) is 38.8 Å². The number of nitrogens with one attached hydrogen (secondary N) is 1. The van der Waals surface area contributed by atoms with E-state index in [0.29, 0.717) is 34.5 Å². The smallest absolute Gasteiger partial charge is 0.340 e. The van der Waals surface area contributed by atoms with Gasteiger partial charge in [0.2, 0.25) is 5.91 Å². The molecule has 0 spiro atoms. The van der Waals surface area contributed by atoms with Crippen molar-refractivity contribution in [3.63, 3.8) is 0 Å². The average molecular weight is 467 g/mol. The van der Waals surface area contributed by atoms with E-state index in [-0.39, 0.29) is 28.8 Å². The van der Waals surface area contributed by atoms with E-state index in [9.17, 15) is 22.4 Å². The lowest BCUT2D eigenvalue weighted by Crippen LogP contribution is -2.36. The van der Waals surface area contributed by atoms with Crippen LogP contribution in [0, 0.1) is 5.82 Å². The fourth-order valence-corrected chi connectivity index (χ4v) is 6.23. The second kappa shape index (κ2) is 9.29. The maximum absolute atomic E-state index is 13.1. The number of allylic oxidation sites excluding steroid dienone is 1. The number of thiophene rings is 1. The van der Waals surface area contributed by atoms with E-state index in [0.717, 1.165) is 11.3 Å². The summed E-state index contributed by atoms with van der Waals surface area (Å²) in [7, 11) is -2.85. The first-order valence-electron chi connectivity index (χ1n) is 9.57. The first-order valence-corrected chi connectivity index (χ1v) is 11.9. The maximum Gasteiger partial charge on any atom is 0.340 e. The highest BCUT2D eigenvalue weighted by atomic mass is 32.2. The second-order valence-electron chi connectivity index (χ2n) is 7.06. The van der Waals surface area contributed by atoms with Crippen molar-refractivity contribution < 1.29 is 27.1 Å². The lowest BCUT2D eigenvalue weighted by atomic mass is 10.0. The summed E-state index contributed by atoms with van der Waals surface area (Å²) in [6, 6.07) is 5.44. The molecular weight excluding hydrogens is 443 g/mol. The molecule has 31 heavy (non-hydrogen) atoms. The van der Waals surface area contributed by atoms with E-state index in [1.165, 1.54) is 31.4 Å². The van der Waals surface area contributed by atoms with Crippen LogP contribution in [0.15, 0.2) is 40.1 Å². The van der Waals surface area contributed by atoms with Crippen LogP contribution in [-0.2, 0) is 39.1 Å². The summed E-state index contributed by atoms with van der Waals surface area (Å²) in [5, 5.41) is 0. The van der Waals surface area contributed by atoms with E-state index >= 15 is 0 Å². The van der Waals surface area contributed by atoms with Gasteiger partial charge in [0.1, 0.15) is 10.0 Å². The number of hydrogen-bond donors (Lipinski definition) is 1. The minimum atomic E-state index is -4.05. The number of carbonyl (C=O) groups is 2. The van der Waals surface area contributed by atoms with Gasteiger partial charge in [-0.3, -0.25) is 4.79 Å². The zero-order valence-electron chi connectivity index (χ0n) is 17.4. The summed E-state index contributed by atoms with van der Waals surface area (Å²) in [4.78, 5) is 27.3. The molecule has 2 heterocycles. The molecule has 7 nitrogen and oxygen atoms in total. The van der Waals surface area contributed by atoms with Crippen LogP contribution in [0.1, 0.15) is 40.2 Å². The van der Waals surface area contributed by atoms with E-state index in [1.54, 1.807) is 24.8 Å². The minimum Gasteiger partial charge on any atom is -0.465 e. The van der Waals surface area contributed by atoms with Crippen molar-refractivity contribution in [2.24, 2.45) is 0 Å². The Labute approximate surface area is 184 Å². The molecule has 2 aromatic rings. The number of benzene rings is 1. The molecule has 1 N–H and O–H groups in total. The van der Waals surface area contributed by atoms with Gasteiger partial charge >= 0.3 is 5.97 Å². The molecule has 0 bridgehead atoms. The molecule has 0 radical (unpaired) electrons. The largest absolute Gasteiger partial charge is 0.465 e. The Bertz CT molecular complexity index is 1140. The Morgan fingerprint density at radius 2 is 1.97 bits per heavy atom. The van der Waals surface area contributed by atoms with Crippen molar-refractivity contribution in [2.75, 3.05) is 13.7 Å². The lowest BCUT2D eigenvalue weighted by molar-refractivity contribution is -0.127. The molecule has 0 saturated heterocycles. The third kappa shape index (κ3) is 4.86. The molecule has 1 amide bonds. The number of amides is 1. The van der Waals surface area contributed by atoms with Gasteiger partial charge in [-0.15, -0.1) is 11.3 Å². The summed E-state index contributed by atoms with van der Waals surface area (Å²) in [6.07, 6.45) is 2.08. The average Bonchev–Trinajstić information content (AvgIpc) is 3.17. The van der Waals surface area contributed by atoms with Gasteiger partial charge in [0.25, 0.3) is 10.0 Å². The van der Waals surface area contributed by atoms with Gasteiger partial charge in [0.05, 0.1) is 19.2 Å². The van der Waals surface area contributed by atoms with E-state index in [4.69, 9.17) is 4.74 Å². The zero-order valence-corrected chi connectivity index (χ0v) is 19.0. The van der Waals surface area contributed by atoms with Gasteiger partial charge in [-0.1, -0.05) is 18.2 Å². The van der Waals surface area contributed by atoms with Gasteiger partial charge in [-0.05, 0) is 43.5 Å². The molecule has 0 fully saturated rings. The standard InChI is InChI=1S/C21H23FN2O5S2/c1-4-13(2)19(25)24-10-9-16-17(12-24)30-21(18(16)20(26)29-3)31(27,28)23-11-14-5-7-15(22)8-6-14/h4-8,23H,9-12H2,1-3H3. The number of nitrogens with zero attached hydrogens (tertiary/aromatic N) is 1. The second-order valence-corrected chi connectivity index (χ2v) is 10.1. The number of rotatable bonds is 6. The number of halogens is 1. The minimum absolute atomic E-state index is 0.0176. The monoisotopic (exact) mass is 466 g/mol. The Kier molecular flexibility index (Phi) is 6.93. The number of methoxy groups -OCH3 is 1. The van der Waals surface area contributed by atoms with E-state index in [1.807, 2.05) is 0 Å². The van der Waals surface area contributed by atoms with Crippen molar-refractivity contribution in [1.82, 2.24) is 9.62 Å². The fraction of sp³-hybridized carbons (Fsp3) is 0.333. The van der Waals surface area contributed by atoms with Crippen molar-refractivity contribution in [1.29, 1.82) is 0 Å². The molecule has 0 saturated carbocycles. The van der Waals surface area contributed by atoms with Crippen molar-refractivity contribution in [3.8, 4) is 0 Å². The predicted octanol–water partition coefficient (Wildman–Crippen LogP) is 3.00. The SMILES string of the molecule is CC=C(C)C(=O)N1CCc2c(sc(S(=O)(=O)NCc3ccc(F)cc3)c2C(=O)OC)C1. The van der Waals surface area contributed by atoms with Crippen LogP contribution in [0.4, 0.5) is 4.39 Å². The number of carbonyl (C=O) groups excluding carboxylic acids is 2. The summed E-state index contributed by atoms with van der Waals surface area (Å²) in [6.45, 7) is 4.04. The molecule has 1 aliphatic rings. The summed E-state index contributed by atoms with van der Waals surface area (Å²) >= 11 is 0.966. The Balaban J connectivity index is 1.93. The highest BCUT2D eigenvalue weighted by Crippen LogP contribution is 2.37. The van der Waals surface area contributed by atoms with E-state index < -0.39 is 21.8 Å². The van der Waals surface area contributed by atoms with Crippen LogP contribution in [0.2, 0.25) is 0 Å². The maximum atomic E-state index is 13.1. The van der Waals surface area contributed by atoms with Crippen LogP contribution in [0.25, 0.3) is 0 Å². The van der Waals surface area contributed by atoms with Gasteiger partial charge in [-0.2, -0.15) is 0 Å². The number of hydrogen-bond acceptors (Lipinski definition) is 6. The molecule has 1 aliphatic heterocycles. The highest BCUT2D eigenvalue weighted by molar-refractivity contribution is 7.91. The first-order chi connectivity index (χ1) is 14.7. The molecule has 0 unspecified atom stereocenters. The molecule has 10 heteroatoms. The number of ether oxygens (including phenoxy) is 1. The van der Waals surface area contributed by atoms with Gasteiger partial charge < -0.3 is 9.64 Å². The molecule has 0 atom stereocenters.